The highest BCUT2D eigenvalue weighted by atomic mass is 19.1. The Hall–Kier alpha value is -1.20. The van der Waals surface area contributed by atoms with Crippen molar-refractivity contribution >= 4 is 0 Å². The van der Waals surface area contributed by atoms with Crippen LogP contribution in [-0.2, 0) is 0 Å². The zero-order valence-electron chi connectivity index (χ0n) is 10.6. The fourth-order valence-electron chi connectivity index (χ4n) is 1.40. The van der Waals surface area contributed by atoms with E-state index in [1.165, 1.54) is 0 Å². The Morgan fingerprint density at radius 3 is 2.33 bits per heavy atom. The van der Waals surface area contributed by atoms with Crippen LogP contribution in [0.4, 0.5) is 8.78 Å². The number of benzene rings is 1. The summed E-state index contributed by atoms with van der Waals surface area (Å²) in [6.07, 6.45) is -0.713. The Bertz CT molecular complexity index is 352. The number of nitrogens with one attached hydrogen (secondary N) is 1. The van der Waals surface area contributed by atoms with Gasteiger partial charge in [0.25, 0.3) is 0 Å². The molecular formula is C13H19F2NO2. The largest absolute Gasteiger partial charge is 0.491 e. The molecule has 1 atom stereocenters. The summed E-state index contributed by atoms with van der Waals surface area (Å²) in [5.74, 6) is -0.819. The number of ether oxygens (including phenoxy) is 1. The highest BCUT2D eigenvalue weighted by Crippen LogP contribution is 2.15. The summed E-state index contributed by atoms with van der Waals surface area (Å²) in [7, 11) is 0. The summed E-state index contributed by atoms with van der Waals surface area (Å²) >= 11 is 0. The van der Waals surface area contributed by atoms with Crippen LogP contribution in [0.5, 0.6) is 5.75 Å². The molecule has 0 bridgehead atoms. The third-order valence-corrected chi connectivity index (χ3v) is 2.21. The van der Waals surface area contributed by atoms with Crippen LogP contribution in [-0.4, -0.2) is 30.9 Å². The molecule has 0 saturated carbocycles. The van der Waals surface area contributed by atoms with E-state index in [4.69, 9.17) is 4.74 Å². The number of aliphatic hydroxyl groups is 1. The predicted octanol–water partition coefficient (Wildman–Crippen LogP) is 1.95. The molecule has 18 heavy (non-hydrogen) atoms. The third kappa shape index (κ3) is 5.93. The van der Waals surface area contributed by atoms with Gasteiger partial charge in [-0.25, -0.2) is 8.78 Å². The molecule has 102 valence electrons. The van der Waals surface area contributed by atoms with Crippen molar-refractivity contribution in [3.8, 4) is 5.75 Å². The van der Waals surface area contributed by atoms with Gasteiger partial charge >= 0.3 is 0 Å². The van der Waals surface area contributed by atoms with Crippen molar-refractivity contribution < 1.29 is 18.6 Å². The molecule has 1 aromatic carbocycles. The second kappa shape index (κ2) is 7.28. The van der Waals surface area contributed by atoms with Gasteiger partial charge in [0.15, 0.2) is 0 Å². The molecule has 1 aromatic rings. The molecule has 1 rings (SSSR count). The summed E-state index contributed by atoms with van der Waals surface area (Å²) in [6.45, 7) is 5.30. The molecule has 0 aliphatic heterocycles. The first kappa shape index (κ1) is 14.9. The highest BCUT2D eigenvalue weighted by molar-refractivity contribution is 5.23. The molecule has 0 spiro atoms. The smallest absolute Gasteiger partial charge is 0.129 e. The highest BCUT2D eigenvalue weighted by Gasteiger charge is 2.07. The summed E-state index contributed by atoms with van der Waals surface area (Å²) in [4.78, 5) is 0. The number of aliphatic hydroxyl groups excluding tert-OH is 1. The van der Waals surface area contributed by atoms with Crippen LogP contribution in [0, 0.1) is 17.6 Å². The first-order valence-corrected chi connectivity index (χ1v) is 5.95. The molecule has 2 N–H and O–H groups in total. The zero-order valence-corrected chi connectivity index (χ0v) is 10.6. The Morgan fingerprint density at radius 2 is 1.78 bits per heavy atom. The van der Waals surface area contributed by atoms with Crippen LogP contribution in [0.2, 0.25) is 0 Å². The lowest BCUT2D eigenvalue weighted by molar-refractivity contribution is 0.105. The first-order chi connectivity index (χ1) is 8.47. The zero-order chi connectivity index (χ0) is 13.5. The van der Waals surface area contributed by atoms with Crippen molar-refractivity contribution in [1.82, 2.24) is 5.32 Å². The lowest BCUT2D eigenvalue weighted by atomic mass is 10.2. The van der Waals surface area contributed by atoms with E-state index in [-0.39, 0.29) is 12.4 Å². The van der Waals surface area contributed by atoms with Crippen LogP contribution in [0.15, 0.2) is 18.2 Å². The maximum atomic E-state index is 12.8. The number of hydrogen-bond acceptors (Lipinski definition) is 3. The Morgan fingerprint density at radius 1 is 1.17 bits per heavy atom. The van der Waals surface area contributed by atoms with E-state index in [1.54, 1.807) is 0 Å². The molecular weight excluding hydrogens is 240 g/mol. The average Bonchev–Trinajstić information content (AvgIpc) is 2.24. The molecule has 0 aromatic heterocycles. The van der Waals surface area contributed by atoms with Crippen LogP contribution in [0.25, 0.3) is 0 Å². The van der Waals surface area contributed by atoms with Gasteiger partial charge in [0.2, 0.25) is 0 Å². The maximum absolute atomic E-state index is 12.8. The molecule has 0 heterocycles. The van der Waals surface area contributed by atoms with Crippen molar-refractivity contribution in [1.29, 1.82) is 0 Å². The molecule has 0 amide bonds. The maximum Gasteiger partial charge on any atom is 0.129 e. The van der Waals surface area contributed by atoms with Crippen molar-refractivity contribution in [3.05, 3.63) is 29.8 Å². The van der Waals surface area contributed by atoms with Crippen molar-refractivity contribution in [2.75, 3.05) is 19.7 Å². The van der Waals surface area contributed by atoms with Crippen LogP contribution < -0.4 is 10.1 Å². The van der Waals surface area contributed by atoms with Crippen molar-refractivity contribution in [3.63, 3.8) is 0 Å². The van der Waals surface area contributed by atoms with Gasteiger partial charge in [-0.05, 0) is 12.5 Å². The minimum Gasteiger partial charge on any atom is -0.491 e. The quantitative estimate of drug-likeness (QED) is 0.786. The number of halogens is 2. The van der Waals surface area contributed by atoms with Crippen LogP contribution >= 0.6 is 0 Å². The number of hydrogen-bond donors (Lipinski definition) is 2. The normalized spacial score (nSPS) is 12.8. The second-order valence-corrected chi connectivity index (χ2v) is 4.62. The first-order valence-electron chi connectivity index (χ1n) is 5.95. The molecule has 0 aliphatic rings. The van der Waals surface area contributed by atoms with E-state index in [0.29, 0.717) is 12.5 Å². The Balaban J connectivity index is 2.31. The van der Waals surface area contributed by atoms with Gasteiger partial charge in [0.1, 0.15) is 30.1 Å². The van der Waals surface area contributed by atoms with E-state index < -0.39 is 17.7 Å². The summed E-state index contributed by atoms with van der Waals surface area (Å²) in [5, 5.41) is 12.7. The van der Waals surface area contributed by atoms with E-state index in [2.05, 4.69) is 19.2 Å². The molecule has 5 heteroatoms. The SMILES string of the molecule is CC(C)CNCC(O)COc1cc(F)cc(F)c1. The van der Waals surface area contributed by atoms with Gasteiger partial charge in [0, 0.05) is 24.7 Å². The van der Waals surface area contributed by atoms with Gasteiger partial charge in [-0.3, -0.25) is 0 Å². The third-order valence-electron chi connectivity index (χ3n) is 2.21. The van der Waals surface area contributed by atoms with Gasteiger partial charge in [0.05, 0.1) is 0 Å². The number of rotatable bonds is 7. The fourth-order valence-corrected chi connectivity index (χ4v) is 1.40. The van der Waals surface area contributed by atoms with Crippen molar-refractivity contribution in [2.24, 2.45) is 5.92 Å². The molecule has 0 fully saturated rings. The minimum atomic E-state index is -0.713. The van der Waals surface area contributed by atoms with Gasteiger partial charge < -0.3 is 15.2 Å². The van der Waals surface area contributed by atoms with E-state index in [9.17, 15) is 13.9 Å². The second-order valence-electron chi connectivity index (χ2n) is 4.62. The Kier molecular flexibility index (Phi) is 6.01. The molecule has 0 saturated heterocycles. The molecule has 0 radical (unpaired) electrons. The average molecular weight is 259 g/mol. The minimum absolute atomic E-state index is 0.00596. The summed E-state index contributed by atoms with van der Waals surface area (Å²) < 4.78 is 30.8. The van der Waals surface area contributed by atoms with E-state index >= 15 is 0 Å². The van der Waals surface area contributed by atoms with Crippen LogP contribution in [0.1, 0.15) is 13.8 Å². The molecule has 3 nitrogen and oxygen atoms in total. The standard InChI is InChI=1S/C13H19F2NO2/c1-9(2)6-16-7-12(17)8-18-13-4-10(14)3-11(15)5-13/h3-5,9,12,16-17H,6-8H2,1-2H3. The fraction of sp³-hybridized carbons (Fsp3) is 0.538. The predicted molar refractivity (Wildman–Crippen MR) is 65.6 cm³/mol. The van der Waals surface area contributed by atoms with E-state index in [1.807, 2.05) is 0 Å². The lowest BCUT2D eigenvalue weighted by Crippen LogP contribution is -2.33. The molecule has 1 unspecified atom stereocenters. The summed E-state index contributed by atoms with van der Waals surface area (Å²) in [6, 6.07) is 2.93. The van der Waals surface area contributed by atoms with Gasteiger partial charge in [-0.2, -0.15) is 0 Å². The Labute approximate surface area is 106 Å². The summed E-state index contributed by atoms with van der Waals surface area (Å²) in [5.41, 5.74) is 0. The monoisotopic (exact) mass is 259 g/mol. The molecule has 0 aliphatic carbocycles. The van der Waals surface area contributed by atoms with Crippen LogP contribution in [0.3, 0.4) is 0 Å². The van der Waals surface area contributed by atoms with Gasteiger partial charge in [-0.15, -0.1) is 0 Å². The lowest BCUT2D eigenvalue weighted by Gasteiger charge is -2.14. The topological polar surface area (TPSA) is 41.5 Å². The van der Waals surface area contributed by atoms with Gasteiger partial charge in [-0.1, -0.05) is 13.8 Å². The van der Waals surface area contributed by atoms with Crippen molar-refractivity contribution in [2.45, 2.75) is 20.0 Å². The van der Waals surface area contributed by atoms with E-state index in [0.717, 1.165) is 24.7 Å².